The summed E-state index contributed by atoms with van der Waals surface area (Å²) in [7, 11) is 0. The molecule has 18 heavy (non-hydrogen) atoms. The maximum absolute atomic E-state index is 11.5. The summed E-state index contributed by atoms with van der Waals surface area (Å²) in [5, 5.41) is 10.4. The van der Waals surface area contributed by atoms with Crippen molar-refractivity contribution in [2.75, 3.05) is 5.73 Å². The Hall–Kier alpha value is -1.26. The Bertz CT molecular complexity index is 589. The van der Waals surface area contributed by atoms with Gasteiger partial charge in [-0.05, 0) is 48.2 Å². The number of amides is 1. The van der Waals surface area contributed by atoms with Crippen LogP contribution in [0.4, 0.5) is 5.82 Å². The van der Waals surface area contributed by atoms with E-state index in [4.69, 9.17) is 5.73 Å². The lowest BCUT2D eigenvalue weighted by Gasteiger charge is -1.93. The van der Waals surface area contributed by atoms with Gasteiger partial charge in [-0.2, -0.15) is 5.10 Å². The number of nitrogens with one attached hydrogen (secondary N) is 1. The molecule has 0 fully saturated rings. The zero-order valence-electron chi connectivity index (χ0n) is 8.55. The molecule has 2 heterocycles. The van der Waals surface area contributed by atoms with Gasteiger partial charge in [0.25, 0.3) is 5.91 Å². The number of nitrogens with zero attached hydrogens (tertiary/aromatic N) is 3. The van der Waals surface area contributed by atoms with Crippen LogP contribution in [0.15, 0.2) is 24.1 Å². The molecule has 2 rings (SSSR count). The number of carbonyl (C=O) groups excluding carboxylic acids is 1. The van der Waals surface area contributed by atoms with Gasteiger partial charge < -0.3 is 5.73 Å². The number of hydrogen-bond acceptors (Lipinski definition) is 7. The molecule has 7 nitrogen and oxygen atoms in total. The number of halogens is 2. The van der Waals surface area contributed by atoms with Crippen LogP contribution in [0.3, 0.4) is 0 Å². The molecule has 0 unspecified atom stereocenters. The summed E-state index contributed by atoms with van der Waals surface area (Å²) < 4.78 is 6.17. The van der Waals surface area contributed by atoms with Crippen molar-refractivity contribution in [3.8, 4) is 0 Å². The lowest BCUT2D eigenvalue weighted by molar-refractivity contribution is 0.0946. The predicted octanol–water partition coefficient (Wildman–Crippen LogP) is 2.00. The first-order valence-corrected chi connectivity index (χ1v) is 6.84. The van der Waals surface area contributed by atoms with Gasteiger partial charge in [0.1, 0.15) is 0 Å². The number of thiophene rings is 1. The zero-order chi connectivity index (χ0) is 13.1. The third-order valence-corrected chi connectivity index (χ3v) is 4.94. The average molecular weight is 395 g/mol. The van der Waals surface area contributed by atoms with Gasteiger partial charge in [-0.1, -0.05) is 0 Å². The van der Waals surface area contributed by atoms with Gasteiger partial charge in [0.15, 0.2) is 0 Å². The summed E-state index contributed by atoms with van der Waals surface area (Å²) >= 11 is 8.16. The smallest absolute Gasteiger partial charge is 0.297 e. The van der Waals surface area contributed by atoms with Crippen LogP contribution >= 0.6 is 43.2 Å². The number of anilines is 1. The summed E-state index contributed by atoms with van der Waals surface area (Å²) in [6.07, 6.45) is 1.50. The van der Waals surface area contributed by atoms with Crippen LogP contribution in [0.1, 0.15) is 15.4 Å². The van der Waals surface area contributed by atoms with Crippen molar-refractivity contribution in [1.29, 1.82) is 0 Å². The third-order valence-electron chi connectivity index (χ3n) is 1.75. The summed E-state index contributed by atoms with van der Waals surface area (Å²) in [5.41, 5.74) is 7.53. The Kier molecular flexibility index (Phi) is 4.09. The first kappa shape index (κ1) is 13.2. The topological polar surface area (TPSA) is 106 Å². The minimum absolute atomic E-state index is 0.0793. The first-order chi connectivity index (χ1) is 8.58. The van der Waals surface area contributed by atoms with Crippen LogP contribution in [0, 0.1) is 0 Å². The highest BCUT2D eigenvalue weighted by molar-refractivity contribution is 9.13. The Morgan fingerprint density at radius 1 is 1.56 bits per heavy atom. The average Bonchev–Trinajstić information content (AvgIpc) is 2.86. The molecule has 0 aliphatic heterocycles. The molecule has 0 saturated carbocycles. The van der Waals surface area contributed by atoms with Gasteiger partial charge in [-0.15, -0.1) is 11.3 Å². The van der Waals surface area contributed by atoms with E-state index in [1.54, 1.807) is 0 Å². The monoisotopic (exact) mass is 393 g/mol. The van der Waals surface area contributed by atoms with E-state index in [0.717, 1.165) is 13.1 Å². The van der Waals surface area contributed by atoms with Gasteiger partial charge in [0.2, 0.25) is 11.5 Å². The number of rotatable bonds is 3. The molecule has 0 aliphatic rings. The maximum Gasteiger partial charge on any atom is 0.297 e. The molecule has 2 aromatic heterocycles. The van der Waals surface area contributed by atoms with Gasteiger partial charge in [0, 0.05) is 9.35 Å². The first-order valence-electron chi connectivity index (χ1n) is 4.44. The quantitative estimate of drug-likeness (QED) is 0.611. The predicted molar refractivity (Wildman–Crippen MR) is 73.5 cm³/mol. The van der Waals surface area contributed by atoms with E-state index in [1.807, 2.05) is 6.07 Å². The van der Waals surface area contributed by atoms with Crippen molar-refractivity contribution in [2.45, 2.75) is 0 Å². The van der Waals surface area contributed by atoms with Crippen molar-refractivity contribution < 1.29 is 9.42 Å². The molecule has 1 amide bonds. The van der Waals surface area contributed by atoms with Gasteiger partial charge in [0.05, 0.1) is 10.0 Å². The molecule has 0 aromatic carbocycles. The number of carbonyl (C=O) groups is 1. The lowest BCUT2D eigenvalue weighted by atomic mass is 10.4. The summed E-state index contributed by atoms with van der Waals surface area (Å²) in [5.74, 6) is -0.663. The van der Waals surface area contributed by atoms with E-state index >= 15 is 0 Å². The summed E-state index contributed by atoms with van der Waals surface area (Å²) in [4.78, 5) is 12.4. The van der Waals surface area contributed by atoms with E-state index < -0.39 is 5.91 Å². The van der Waals surface area contributed by atoms with Gasteiger partial charge in [-0.25, -0.2) is 10.1 Å². The fourth-order valence-electron chi connectivity index (χ4n) is 0.987. The van der Waals surface area contributed by atoms with E-state index in [9.17, 15) is 4.79 Å². The van der Waals surface area contributed by atoms with Crippen molar-refractivity contribution >= 4 is 61.1 Å². The lowest BCUT2D eigenvalue weighted by Crippen LogP contribution is -2.19. The highest BCUT2D eigenvalue weighted by Gasteiger charge is 2.14. The highest BCUT2D eigenvalue weighted by atomic mass is 79.9. The SMILES string of the molecule is Nc1nonc1C(=O)N/N=C/c1cc(Br)c(Br)s1. The van der Waals surface area contributed by atoms with Crippen LogP contribution < -0.4 is 11.2 Å². The fraction of sp³-hybridized carbons (Fsp3) is 0. The standard InChI is InChI=1S/C8H5Br2N5O2S/c9-4-1-3(18-6(4)10)2-12-13-8(16)5-7(11)15-17-14-5/h1-2H,(H2,11,15)(H,13,16)/b12-2+. The van der Waals surface area contributed by atoms with Gasteiger partial charge in [-0.3, -0.25) is 4.79 Å². The Labute approximate surface area is 122 Å². The molecular weight excluding hydrogens is 390 g/mol. The van der Waals surface area contributed by atoms with Crippen molar-refractivity contribution in [3.63, 3.8) is 0 Å². The molecule has 0 saturated heterocycles. The second-order valence-corrected chi connectivity index (χ2v) is 6.22. The molecule has 2 aromatic rings. The van der Waals surface area contributed by atoms with E-state index in [1.165, 1.54) is 17.6 Å². The largest absolute Gasteiger partial charge is 0.379 e. The number of aromatic nitrogens is 2. The number of hydrazone groups is 1. The molecule has 0 aliphatic carbocycles. The van der Waals surface area contributed by atoms with Gasteiger partial charge >= 0.3 is 0 Å². The fourth-order valence-corrected chi connectivity index (χ4v) is 2.95. The van der Waals surface area contributed by atoms with E-state index in [0.29, 0.717) is 0 Å². The normalized spacial score (nSPS) is 11.0. The second-order valence-electron chi connectivity index (χ2n) is 2.97. The molecule has 3 N–H and O–H groups in total. The van der Waals surface area contributed by atoms with Crippen LogP contribution in [0.25, 0.3) is 0 Å². The molecular formula is C8H5Br2N5O2S. The molecule has 94 valence electrons. The summed E-state index contributed by atoms with van der Waals surface area (Å²) in [6, 6.07) is 1.86. The molecule has 0 atom stereocenters. The minimum Gasteiger partial charge on any atom is -0.379 e. The Morgan fingerprint density at radius 3 is 2.89 bits per heavy atom. The molecule has 10 heteroatoms. The maximum atomic E-state index is 11.5. The zero-order valence-corrected chi connectivity index (χ0v) is 12.5. The van der Waals surface area contributed by atoms with Crippen LogP contribution in [-0.2, 0) is 0 Å². The van der Waals surface area contributed by atoms with Crippen molar-refractivity contribution in [1.82, 2.24) is 15.7 Å². The third kappa shape index (κ3) is 2.94. The minimum atomic E-state index is -0.584. The van der Waals surface area contributed by atoms with E-state index in [-0.39, 0.29) is 11.5 Å². The van der Waals surface area contributed by atoms with Crippen LogP contribution in [0.2, 0.25) is 0 Å². The summed E-state index contributed by atoms with van der Waals surface area (Å²) in [6.45, 7) is 0. The van der Waals surface area contributed by atoms with Crippen molar-refractivity contribution in [2.24, 2.45) is 5.10 Å². The van der Waals surface area contributed by atoms with E-state index in [2.05, 4.69) is 57.3 Å². The Balaban J connectivity index is 2.00. The molecule has 0 bridgehead atoms. The number of hydrogen-bond donors (Lipinski definition) is 2. The second kappa shape index (κ2) is 5.59. The van der Waals surface area contributed by atoms with Crippen LogP contribution in [0.5, 0.6) is 0 Å². The molecule has 0 spiro atoms. The molecule has 0 radical (unpaired) electrons. The van der Waals surface area contributed by atoms with Crippen molar-refractivity contribution in [3.05, 3.63) is 24.9 Å². The number of nitrogen functional groups attached to an aromatic ring is 1. The van der Waals surface area contributed by atoms with Crippen LogP contribution in [-0.4, -0.2) is 22.4 Å². The highest BCUT2D eigenvalue weighted by Crippen LogP contribution is 2.31. The Morgan fingerprint density at radius 2 is 2.33 bits per heavy atom. The number of nitrogens with two attached hydrogens (primary N) is 1.